The number of aromatic nitrogens is 1. The quantitative estimate of drug-likeness (QED) is 0.0961. The minimum atomic E-state index is 0.347. The van der Waals surface area contributed by atoms with Gasteiger partial charge in [-0.25, -0.2) is 0 Å². The van der Waals surface area contributed by atoms with E-state index in [0.717, 1.165) is 28.0 Å². The maximum absolute atomic E-state index is 9.06. The Balaban J connectivity index is 0.916. The smallest absolute Gasteiger partial charge is 0.108 e. The van der Waals surface area contributed by atoms with E-state index >= 15 is 0 Å². The number of nitrogens with one attached hydrogen (secondary N) is 2. The second-order valence-corrected chi connectivity index (χ2v) is 15.4. The van der Waals surface area contributed by atoms with Crippen LogP contribution in [0, 0.1) is 5.41 Å². The zero-order valence-corrected chi connectivity index (χ0v) is 33.2. The molecular weight excluding hydrogens is 741 g/mol. The van der Waals surface area contributed by atoms with Gasteiger partial charge in [0, 0.05) is 18.0 Å². The first-order valence-electron chi connectivity index (χ1n) is 20.6. The minimum absolute atomic E-state index is 0.347. The summed E-state index contributed by atoms with van der Waals surface area (Å²) < 4.78 is 0. The first kappa shape index (κ1) is 35.9. The third-order valence-corrected chi connectivity index (χ3v) is 11.8. The van der Waals surface area contributed by atoms with Crippen molar-refractivity contribution in [1.82, 2.24) is 4.98 Å². The lowest BCUT2D eigenvalue weighted by Crippen LogP contribution is -2.13. The molecule has 1 aliphatic carbocycles. The summed E-state index contributed by atoms with van der Waals surface area (Å²) >= 11 is 0. The number of benzene rings is 9. The Labute approximate surface area is 354 Å². The van der Waals surface area contributed by atoms with E-state index in [1.54, 1.807) is 0 Å². The molecule has 0 fully saturated rings. The third-order valence-electron chi connectivity index (χ3n) is 11.8. The average Bonchev–Trinajstić information content (AvgIpc) is 3.33. The number of allylic oxidation sites excluding steroid dienone is 4. The van der Waals surface area contributed by atoms with Gasteiger partial charge in [0.15, 0.2) is 0 Å². The van der Waals surface area contributed by atoms with Gasteiger partial charge in [-0.15, -0.1) is 0 Å². The van der Waals surface area contributed by atoms with Gasteiger partial charge in [-0.1, -0.05) is 170 Å². The van der Waals surface area contributed by atoms with Crippen LogP contribution in [0.1, 0.15) is 5.56 Å². The van der Waals surface area contributed by atoms with Crippen molar-refractivity contribution >= 4 is 65.8 Å². The van der Waals surface area contributed by atoms with Gasteiger partial charge in [-0.05, 0) is 130 Å². The molecule has 0 spiro atoms. The summed E-state index contributed by atoms with van der Waals surface area (Å²) in [6, 6.07) is 66.6. The molecule has 11 rings (SSSR count). The van der Waals surface area contributed by atoms with Gasteiger partial charge in [0.2, 0.25) is 0 Å². The van der Waals surface area contributed by atoms with Crippen molar-refractivity contribution in [1.29, 1.82) is 5.41 Å². The fourth-order valence-corrected chi connectivity index (χ4v) is 9.10. The Kier molecular flexibility index (Phi) is 8.94. The highest BCUT2D eigenvalue weighted by atomic mass is 15.3. The second-order valence-electron chi connectivity index (χ2n) is 15.4. The van der Waals surface area contributed by atoms with Crippen LogP contribution >= 0.6 is 0 Å². The monoisotopic (exact) mass is 778 g/mol. The van der Waals surface area contributed by atoms with E-state index in [0.29, 0.717) is 11.4 Å². The summed E-state index contributed by atoms with van der Waals surface area (Å²) in [6.45, 7) is 0. The number of hydrogen-bond donors (Lipinski definition) is 2. The molecule has 2 N–H and O–H groups in total. The average molecular weight is 779 g/mol. The van der Waals surface area contributed by atoms with Crippen molar-refractivity contribution in [3.8, 4) is 44.5 Å². The highest BCUT2D eigenvalue weighted by Gasteiger charge is 2.20. The molecule has 9 aromatic carbocycles. The van der Waals surface area contributed by atoms with E-state index in [4.69, 9.17) is 10.5 Å². The van der Waals surface area contributed by atoms with Gasteiger partial charge >= 0.3 is 0 Å². The van der Waals surface area contributed by atoms with Crippen molar-refractivity contribution in [2.75, 3.05) is 5.43 Å². The Morgan fingerprint density at radius 1 is 0.393 bits per heavy atom. The molecule has 61 heavy (non-hydrogen) atoms. The number of hydrazone groups is 1. The van der Waals surface area contributed by atoms with Crippen LogP contribution in [0.2, 0.25) is 0 Å². The normalized spacial score (nSPS) is 13.3. The molecule has 4 nitrogen and oxygen atoms in total. The molecule has 286 valence electrons. The molecule has 4 heteroatoms. The summed E-state index contributed by atoms with van der Waals surface area (Å²) in [7, 11) is 0. The van der Waals surface area contributed by atoms with Crippen LogP contribution in [0.25, 0.3) is 93.2 Å². The summed E-state index contributed by atoms with van der Waals surface area (Å²) in [5.41, 5.74) is 16.4. The van der Waals surface area contributed by atoms with E-state index < -0.39 is 0 Å². The molecule has 1 aliphatic rings. The molecule has 0 aliphatic heterocycles. The van der Waals surface area contributed by atoms with Crippen LogP contribution in [-0.2, 0) is 0 Å². The molecule has 1 heterocycles. The Morgan fingerprint density at radius 3 is 1.34 bits per heavy atom. The van der Waals surface area contributed by atoms with E-state index in [-0.39, 0.29) is 0 Å². The highest BCUT2D eigenvalue weighted by Crippen LogP contribution is 2.46. The topological polar surface area (TPSA) is 61.1 Å². The molecule has 0 amide bonds. The first-order chi connectivity index (χ1) is 30.2. The van der Waals surface area contributed by atoms with Crippen molar-refractivity contribution in [2.45, 2.75) is 0 Å². The largest absolute Gasteiger partial charge is 0.299 e. The molecule has 0 unspecified atom stereocenters. The number of anilines is 1. The van der Waals surface area contributed by atoms with Gasteiger partial charge in [0.1, 0.15) is 5.71 Å². The summed E-state index contributed by atoms with van der Waals surface area (Å²) in [5.74, 6) is 0. The fraction of sp³-hybridized carbons (Fsp3) is 0. The van der Waals surface area contributed by atoms with Gasteiger partial charge in [-0.3, -0.25) is 15.8 Å². The Hall–Kier alpha value is -8.21. The summed E-state index contributed by atoms with van der Waals surface area (Å²) in [6.07, 6.45) is 9.67. The van der Waals surface area contributed by atoms with E-state index in [1.165, 1.54) is 76.5 Å². The van der Waals surface area contributed by atoms with Crippen LogP contribution < -0.4 is 5.43 Å². The zero-order chi connectivity index (χ0) is 40.7. The van der Waals surface area contributed by atoms with E-state index in [9.17, 15) is 0 Å². The minimum Gasteiger partial charge on any atom is -0.299 e. The molecule has 0 bridgehead atoms. The Bertz CT molecular complexity index is 3360. The number of nitrogens with zero attached hydrogens (tertiary/aromatic N) is 2. The van der Waals surface area contributed by atoms with Crippen LogP contribution in [-0.4, -0.2) is 16.4 Å². The van der Waals surface area contributed by atoms with Crippen molar-refractivity contribution < 1.29 is 0 Å². The standard InChI is InChI=1S/C57H38N4/c58-52-35-41(40-27-31-50-51(34-40)56(38-16-5-2-6-17-38)47-22-10-7-19-44(47)54(50)37-14-3-1-4-15-37)28-32-53(52)61-60-43-29-25-39(26-30-43)55-45-20-8-11-23-48(45)57(42-18-13-33-59-36-42)49-24-12-9-21-46(49)55/h1-36,58,60H. The molecule has 10 aromatic rings. The zero-order valence-electron chi connectivity index (χ0n) is 33.2. The van der Waals surface area contributed by atoms with Crippen LogP contribution in [0.5, 0.6) is 0 Å². The molecule has 0 radical (unpaired) electrons. The van der Waals surface area contributed by atoms with Crippen molar-refractivity contribution in [3.05, 3.63) is 224 Å². The van der Waals surface area contributed by atoms with Crippen LogP contribution in [0.15, 0.2) is 224 Å². The van der Waals surface area contributed by atoms with E-state index in [1.807, 2.05) is 30.6 Å². The van der Waals surface area contributed by atoms with E-state index in [2.05, 4.69) is 198 Å². The number of rotatable bonds is 7. The number of pyridine rings is 1. The molecule has 0 atom stereocenters. The predicted molar refractivity (Wildman–Crippen MR) is 258 cm³/mol. The maximum Gasteiger partial charge on any atom is 0.108 e. The van der Waals surface area contributed by atoms with Crippen molar-refractivity contribution in [3.63, 3.8) is 0 Å². The SMILES string of the molecule is N=C1C=C(c2ccc3c(-c4ccccc4)c4ccccc4c(-c4ccccc4)c3c2)C=CC1=NNc1ccc(-c2c3ccccc3c(-c3cccnc3)c3ccccc23)cc1. The van der Waals surface area contributed by atoms with Gasteiger partial charge in [0.05, 0.1) is 11.4 Å². The summed E-state index contributed by atoms with van der Waals surface area (Å²) in [4.78, 5) is 4.44. The Morgan fingerprint density at radius 2 is 0.836 bits per heavy atom. The predicted octanol–water partition coefficient (Wildman–Crippen LogP) is 14.8. The molecular formula is C57H38N4. The van der Waals surface area contributed by atoms with Crippen molar-refractivity contribution in [2.24, 2.45) is 5.10 Å². The highest BCUT2D eigenvalue weighted by molar-refractivity contribution is 6.51. The van der Waals surface area contributed by atoms with Crippen LogP contribution in [0.3, 0.4) is 0 Å². The molecule has 0 saturated heterocycles. The summed E-state index contributed by atoms with van der Waals surface area (Å²) in [5, 5.41) is 23.3. The van der Waals surface area contributed by atoms with Gasteiger partial charge in [-0.2, -0.15) is 5.10 Å². The second kappa shape index (κ2) is 15.2. The van der Waals surface area contributed by atoms with Crippen LogP contribution in [0.4, 0.5) is 5.69 Å². The molecule has 0 saturated carbocycles. The maximum atomic E-state index is 9.06. The third kappa shape index (κ3) is 6.39. The lowest BCUT2D eigenvalue weighted by molar-refractivity contribution is 1.33. The number of fused-ring (bicyclic) bond motifs is 4. The fourth-order valence-electron chi connectivity index (χ4n) is 9.10. The first-order valence-corrected chi connectivity index (χ1v) is 20.6. The van der Waals surface area contributed by atoms with Gasteiger partial charge in [0.25, 0.3) is 0 Å². The lowest BCUT2D eigenvalue weighted by Gasteiger charge is -2.19. The lowest BCUT2D eigenvalue weighted by atomic mass is 9.84. The van der Waals surface area contributed by atoms with Gasteiger partial charge < -0.3 is 0 Å². The molecule has 1 aromatic heterocycles. The number of hydrogen-bond acceptors (Lipinski definition) is 4.